The molecule has 24 heteroatoms. The first-order valence-electron chi connectivity index (χ1n) is 6.93. The first-order valence-corrected chi connectivity index (χ1v) is 20.8. The second kappa shape index (κ2) is 21.4. The zero-order valence-electron chi connectivity index (χ0n) is 13.4. The first-order chi connectivity index (χ1) is 12.0. The van der Waals surface area contributed by atoms with Gasteiger partial charge in [0.2, 0.25) is 0 Å². The molecule has 1 rings (SSSR count). The van der Waals surface area contributed by atoms with Gasteiger partial charge in [0.05, 0.1) is 0 Å². The molecule has 0 radical (unpaired) electrons. The van der Waals surface area contributed by atoms with Crippen molar-refractivity contribution >= 4 is 120 Å². The SMILES string of the molecule is O1[SiH2]O[SiH2]O[SiH2]O[SiH2]O[SiH2]O[SiH2]O[SiH2]O[SiH2]O[SiH2]O[SiH2]O[SiH2]O[SiH2]1. The largest absolute Gasteiger partial charge is 0.425 e. The normalized spacial score (nSPS) is 36.0. The number of rotatable bonds is 0. The van der Waals surface area contributed by atoms with E-state index in [1.54, 1.807) is 0 Å². The van der Waals surface area contributed by atoms with Crippen LogP contribution in [0.15, 0.2) is 0 Å². The fourth-order valence-electron chi connectivity index (χ4n) is 1.12. The molecular weight excluding hydrogens is 529 g/mol. The lowest BCUT2D eigenvalue weighted by atomic mass is 15.7. The Balaban J connectivity index is 2.00. The maximum absolute atomic E-state index is 5.41. The quantitative estimate of drug-likeness (QED) is 0.266. The summed E-state index contributed by atoms with van der Waals surface area (Å²) in [5, 5.41) is 0. The van der Waals surface area contributed by atoms with Crippen molar-refractivity contribution in [1.82, 2.24) is 0 Å². The van der Waals surface area contributed by atoms with E-state index in [1.165, 1.54) is 0 Å². The molecule has 0 N–H and O–H groups in total. The van der Waals surface area contributed by atoms with Gasteiger partial charge in [0.15, 0.2) is 0 Å². The predicted molar refractivity (Wildman–Crippen MR) is 116 cm³/mol. The minimum absolute atomic E-state index is 0.961. The van der Waals surface area contributed by atoms with Crippen molar-refractivity contribution in [3.63, 3.8) is 0 Å². The van der Waals surface area contributed by atoms with Crippen molar-refractivity contribution in [2.24, 2.45) is 0 Å². The Bertz CT molecular complexity index is 134. The van der Waals surface area contributed by atoms with Crippen LogP contribution in [0.4, 0.5) is 0 Å². The van der Waals surface area contributed by atoms with Gasteiger partial charge < -0.3 is 49.4 Å². The summed E-state index contributed by atoms with van der Waals surface area (Å²) in [7, 11) is -11.5. The molecule has 0 aliphatic carbocycles. The van der Waals surface area contributed by atoms with Crippen LogP contribution in [0.5, 0.6) is 0 Å². The minimum atomic E-state index is -0.961. The van der Waals surface area contributed by atoms with E-state index in [-0.39, 0.29) is 0 Å². The van der Waals surface area contributed by atoms with Gasteiger partial charge in [-0.25, -0.2) is 0 Å². The molecule has 144 valence electrons. The van der Waals surface area contributed by atoms with E-state index >= 15 is 0 Å². The lowest BCUT2D eigenvalue weighted by molar-refractivity contribution is 0.350. The summed E-state index contributed by atoms with van der Waals surface area (Å²) in [6.45, 7) is 0. The third-order valence-corrected chi connectivity index (χ3v) is 18.0. The minimum Gasteiger partial charge on any atom is -0.425 e. The topological polar surface area (TPSA) is 111 Å². The summed E-state index contributed by atoms with van der Waals surface area (Å²) in [4.78, 5) is 0. The van der Waals surface area contributed by atoms with E-state index in [0.717, 1.165) is 0 Å². The van der Waals surface area contributed by atoms with Gasteiger partial charge in [0, 0.05) is 0 Å². The van der Waals surface area contributed by atoms with Crippen LogP contribution in [-0.2, 0) is 49.4 Å². The van der Waals surface area contributed by atoms with Crippen LogP contribution in [0.25, 0.3) is 0 Å². The highest BCUT2D eigenvalue weighted by Gasteiger charge is 1.98. The Morgan fingerprint density at radius 2 is 0.250 bits per heavy atom. The molecule has 1 saturated heterocycles. The summed E-state index contributed by atoms with van der Waals surface area (Å²) < 4.78 is 64.9. The molecule has 0 unspecified atom stereocenters. The third kappa shape index (κ3) is 18.9. The molecule has 0 aromatic rings. The fraction of sp³-hybridized carbons (Fsp3) is 0. The van der Waals surface area contributed by atoms with Gasteiger partial charge in [-0.2, -0.15) is 0 Å². The molecule has 0 atom stereocenters. The molecule has 1 heterocycles. The zero-order chi connectivity index (χ0) is 17.0. The van der Waals surface area contributed by atoms with Crippen molar-refractivity contribution in [3.8, 4) is 0 Å². The molecule has 0 aromatic carbocycles. The standard InChI is InChI=1S/H24O12Si12/c1-13-2-15-4-17-6-19-8-21-10-23-12-24-11-22-9-20-7-18-5-16-3-14-1/h13-24H2. The highest BCUT2D eigenvalue weighted by molar-refractivity contribution is 6.51. The van der Waals surface area contributed by atoms with E-state index < -0.39 is 120 Å². The van der Waals surface area contributed by atoms with E-state index in [9.17, 15) is 0 Å². The Morgan fingerprint density at radius 1 is 0.167 bits per heavy atom. The van der Waals surface area contributed by atoms with Gasteiger partial charge in [0.25, 0.3) is 120 Å². The molecule has 1 aliphatic rings. The van der Waals surface area contributed by atoms with Crippen molar-refractivity contribution in [2.75, 3.05) is 0 Å². The van der Waals surface area contributed by atoms with Gasteiger partial charge in [-0.1, -0.05) is 0 Å². The van der Waals surface area contributed by atoms with Crippen LogP contribution < -0.4 is 0 Å². The third-order valence-electron chi connectivity index (χ3n) is 2.00. The molecule has 0 bridgehead atoms. The van der Waals surface area contributed by atoms with Crippen LogP contribution in [0.2, 0.25) is 0 Å². The van der Waals surface area contributed by atoms with E-state index in [2.05, 4.69) is 0 Å². The monoisotopic (exact) mass is 552 g/mol. The molecule has 24 heavy (non-hydrogen) atoms. The summed E-state index contributed by atoms with van der Waals surface area (Å²) in [6.07, 6.45) is 0. The molecule has 0 amide bonds. The Morgan fingerprint density at radius 3 is 0.333 bits per heavy atom. The average molecular weight is 553 g/mol. The van der Waals surface area contributed by atoms with Crippen LogP contribution in [0.3, 0.4) is 0 Å². The van der Waals surface area contributed by atoms with Crippen molar-refractivity contribution in [1.29, 1.82) is 0 Å². The van der Waals surface area contributed by atoms with Gasteiger partial charge >= 0.3 is 0 Å². The number of hydrogen-bond donors (Lipinski definition) is 0. The number of hydrogen-bond acceptors (Lipinski definition) is 12. The van der Waals surface area contributed by atoms with Gasteiger partial charge in [-0.3, -0.25) is 0 Å². The van der Waals surface area contributed by atoms with E-state index in [4.69, 9.17) is 49.4 Å². The molecule has 0 spiro atoms. The van der Waals surface area contributed by atoms with Gasteiger partial charge in [-0.15, -0.1) is 0 Å². The van der Waals surface area contributed by atoms with Crippen LogP contribution in [0.1, 0.15) is 0 Å². The summed E-state index contributed by atoms with van der Waals surface area (Å²) in [5.74, 6) is 0. The summed E-state index contributed by atoms with van der Waals surface area (Å²) in [5.41, 5.74) is 0. The zero-order valence-corrected chi connectivity index (χ0v) is 30.4. The van der Waals surface area contributed by atoms with Gasteiger partial charge in [0.1, 0.15) is 0 Å². The maximum Gasteiger partial charge on any atom is 0.286 e. The summed E-state index contributed by atoms with van der Waals surface area (Å²) >= 11 is 0. The van der Waals surface area contributed by atoms with Crippen molar-refractivity contribution < 1.29 is 49.4 Å². The molecule has 1 aliphatic heterocycles. The Kier molecular flexibility index (Phi) is 21.6. The highest BCUT2D eigenvalue weighted by atomic mass is 28.4. The van der Waals surface area contributed by atoms with Crippen LogP contribution in [0, 0.1) is 0 Å². The second-order valence-corrected chi connectivity index (χ2v) is 26.3. The van der Waals surface area contributed by atoms with E-state index in [0.29, 0.717) is 0 Å². The van der Waals surface area contributed by atoms with Crippen LogP contribution in [-0.4, -0.2) is 120 Å². The fourth-order valence-corrected chi connectivity index (χ4v) is 22.8. The molecule has 12 nitrogen and oxygen atoms in total. The first kappa shape index (κ1) is 24.2. The predicted octanol–water partition coefficient (Wildman–Crippen LogP) is -11.8. The maximum atomic E-state index is 5.41. The molecular formula is H24O12Si12. The second-order valence-electron chi connectivity index (χ2n) is 3.86. The molecule has 0 aromatic heterocycles. The van der Waals surface area contributed by atoms with Crippen LogP contribution >= 0.6 is 0 Å². The average Bonchev–Trinajstić information content (AvgIpc) is 2.59. The molecule has 0 saturated carbocycles. The lowest BCUT2D eigenvalue weighted by Crippen LogP contribution is -2.23. The highest BCUT2D eigenvalue weighted by Crippen LogP contribution is 1.80. The van der Waals surface area contributed by atoms with E-state index in [1.807, 2.05) is 0 Å². The Labute approximate surface area is 169 Å². The molecule has 1 fully saturated rings. The smallest absolute Gasteiger partial charge is 0.286 e. The van der Waals surface area contributed by atoms with Crippen molar-refractivity contribution in [2.45, 2.75) is 0 Å². The Hall–Kier alpha value is 2.12. The van der Waals surface area contributed by atoms with Crippen molar-refractivity contribution in [3.05, 3.63) is 0 Å². The van der Waals surface area contributed by atoms with Gasteiger partial charge in [-0.05, 0) is 0 Å². The summed E-state index contributed by atoms with van der Waals surface area (Å²) in [6, 6.07) is 0. The lowest BCUT2D eigenvalue weighted by Gasteiger charge is -2.10.